The Morgan fingerprint density at radius 3 is 2.42 bits per heavy atom. The number of hydrogen-bond acceptors (Lipinski definition) is 4. The lowest BCUT2D eigenvalue weighted by Crippen LogP contribution is -2.43. The molecule has 0 unspecified atom stereocenters. The molecule has 4 rings (SSSR count). The zero-order valence-electron chi connectivity index (χ0n) is 19.9. The summed E-state index contributed by atoms with van der Waals surface area (Å²) in [6, 6.07) is 23.7. The van der Waals surface area contributed by atoms with Gasteiger partial charge < -0.3 is 14.6 Å². The van der Waals surface area contributed by atoms with E-state index in [9.17, 15) is 14.4 Å². The molecule has 3 aromatic carbocycles. The number of carbonyl (C=O) groups is 3. The Labute approximate surface area is 209 Å². The number of aromatic amines is 1. The Bertz CT molecular complexity index is 1370. The number of imide groups is 1. The minimum absolute atomic E-state index is 0.317. The van der Waals surface area contributed by atoms with E-state index in [0.29, 0.717) is 25.1 Å². The van der Waals surface area contributed by atoms with E-state index in [1.54, 1.807) is 35.2 Å². The van der Waals surface area contributed by atoms with Crippen molar-refractivity contribution in [1.82, 2.24) is 15.2 Å². The smallest absolute Gasteiger partial charge is 0.330 e. The lowest BCUT2D eigenvalue weighted by Gasteiger charge is -2.23. The second-order valence-electron chi connectivity index (χ2n) is 8.25. The highest BCUT2D eigenvalue weighted by Crippen LogP contribution is 2.19. The first-order valence-electron chi connectivity index (χ1n) is 11.6. The van der Waals surface area contributed by atoms with Gasteiger partial charge >= 0.3 is 12.0 Å². The summed E-state index contributed by atoms with van der Waals surface area (Å²) in [6.07, 6.45) is 5.59. The number of fused-ring (bicyclic) bond motifs is 1. The Kier molecular flexibility index (Phi) is 7.93. The number of methoxy groups -OCH3 is 1. The molecule has 0 atom stereocenters. The van der Waals surface area contributed by atoms with Crippen LogP contribution in [0, 0.1) is 0 Å². The highest BCUT2D eigenvalue weighted by atomic mass is 16.5. The number of ether oxygens (including phenoxy) is 1. The van der Waals surface area contributed by atoms with E-state index in [1.165, 1.54) is 13.2 Å². The second kappa shape index (κ2) is 11.7. The maximum Gasteiger partial charge on any atom is 0.330 e. The summed E-state index contributed by atoms with van der Waals surface area (Å²) < 4.78 is 4.62. The van der Waals surface area contributed by atoms with Crippen molar-refractivity contribution >= 4 is 34.9 Å². The first-order valence-corrected chi connectivity index (χ1v) is 11.6. The number of nitrogens with zero attached hydrogens (tertiary/aromatic N) is 1. The molecule has 182 valence electrons. The van der Waals surface area contributed by atoms with Gasteiger partial charge in [0.05, 0.1) is 7.11 Å². The van der Waals surface area contributed by atoms with Crippen LogP contribution >= 0.6 is 0 Å². The van der Waals surface area contributed by atoms with Crippen molar-refractivity contribution in [2.75, 3.05) is 13.7 Å². The van der Waals surface area contributed by atoms with E-state index in [4.69, 9.17) is 0 Å². The van der Waals surface area contributed by atoms with E-state index in [1.807, 2.05) is 60.8 Å². The van der Waals surface area contributed by atoms with Crippen molar-refractivity contribution in [3.63, 3.8) is 0 Å². The largest absolute Gasteiger partial charge is 0.466 e. The summed E-state index contributed by atoms with van der Waals surface area (Å²) in [7, 11) is 1.33. The third kappa shape index (κ3) is 6.27. The van der Waals surface area contributed by atoms with Crippen LogP contribution < -0.4 is 5.32 Å². The number of benzene rings is 3. The van der Waals surface area contributed by atoms with Gasteiger partial charge in [-0.1, -0.05) is 60.7 Å². The number of nitrogens with one attached hydrogen (secondary N) is 2. The molecular formula is C29H27N3O4. The number of H-pyrrole nitrogens is 1. The molecule has 4 aromatic rings. The number of carbonyl (C=O) groups excluding carboxylic acids is 3. The van der Waals surface area contributed by atoms with Gasteiger partial charge in [-0.25, -0.2) is 9.59 Å². The van der Waals surface area contributed by atoms with Crippen LogP contribution in [0.2, 0.25) is 0 Å². The molecule has 0 aliphatic carbocycles. The molecule has 0 saturated carbocycles. The number of urea groups is 1. The number of rotatable bonds is 8. The quantitative estimate of drug-likeness (QED) is 0.275. The number of hydrogen-bond donors (Lipinski definition) is 2. The fourth-order valence-electron chi connectivity index (χ4n) is 3.87. The minimum atomic E-state index is -0.460. The zero-order chi connectivity index (χ0) is 25.3. The molecule has 0 spiro atoms. The van der Waals surface area contributed by atoms with Gasteiger partial charge in [-0.05, 0) is 47.4 Å². The summed E-state index contributed by atoms with van der Waals surface area (Å²) in [5, 5.41) is 3.62. The average molecular weight is 482 g/mol. The highest BCUT2D eigenvalue weighted by Gasteiger charge is 2.18. The molecule has 3 amide bonds. The monoisotopic (exact) mass is 481 g/mol. The molecule has 0 fully saturated rings. The lowest BCUT2D eigenvalue weighted by molar-refractivity contribution is -0.134. The maximum atomic E-state index is 13.2. The van der Waals surface area contributed by atoms with Crippen LogP contribution in [0.1, 0.15) is 27.0 Å². The SMILES string of the molecule is COC(=O)/C=C/c1ccc(CN(CCc2c[nH]c3ccccc23)C(=O)NC(=O)c2ccccc2)cc1. The van der Waals surface area contributed by atoms with Crippen LogP contribution in [-0.4, -0.2) is 41.4 Å². The van der Waals surface area contributed by atoms with Gasteiger partial charge in [-0.2, -0.15) is 0 Å². The predicted octanol–water partition coefficient (Wildman–Crippen LogP) is 4.95. The molecule has 36 heavy (non-hydrogen) atoms. The first kappa shape index (κ1) is 24.5. The van der Waals surface area contributed by atoms with Gasteiger partial charge in [-0.15, -0.1) is 0 Å². The third-order valence-corrected chi connectivity index (χ3v) is 5.84. The predicted molar refractivity (Wildman–Crippen MR) is 139 cm³/mol. The van der Waals surface area contributed by atoms with Gasteiger partial charge in [0, 0.05) is 41.8 Å². The Hall–Kier alpha value is -4.65. The Morgan fingerprint density at radius 2 is 1.67 bits per heavy atom. The number of para-hydroxylation sites is 1. The van der Waals surface area contributed by atoms with Gasteiger partial charge in [0.2, 0.25) is 0 Å². The molecule has 0 aliphatic heterocycles. The van der Waals surface area contributed by atoms with Crippen LogP contribution in [0.15, 0.2) is 91.1 Å². The second-order valence-corrected chi connectivity index (χ2v) is 8.25. The van der Waals surface area contributed by atoms with Crippen molar-refractivity contribution in [1.29, 1.82) is 0 Å². The molecule has 0 saturated heterocycles. The fourth-order valence-corrected chi connectivity index (χ4v) is 3.87. The van der Waals surface area contributed by atoms with Crippen LogP contribution in [0.4, 0.5) is 4.79 Å². The molecule has 7 heteroatoms. The molecule has 1 aromatic heterocycles. The van der Waals surface area contributed by atoms with Crippen LogP contribution in [-0.2, 0) is 22.5 Å². The molecule has 0 bridgehead atoms. The fraction of sp³-hybridized carbons (Fsp3) is 0.138. The van der Waals surface area contributed by atoms with Crippen molar-refractivity contribution in [3.05, 3.63) is 113 Å². The van der Waals surface area contributed by atoms with E-state index in [2.05, 4.69) is 15.0 Å². The Balaban J connectivity index is 1.49. The number of esters is 1. The van der Waals surface area contributed by atoms with Gasteiger partial charge in [0.25, 0.3) is 5.91 Å². The van der Waals surface area contributed by atoms with E-state index in [-0.39, 0.29) is 0 Å². The topological polar surface area (TPSA) is 91.5 Å². The van der Waals surface area contributed by atoms with E-state index < -0.39 is 17.9 Å². The van der Waals surface area contributed by atoms with E-state index in [0.717, 1.165) is 27.6 Å². The van der Waals surface area contributed by atoms with Crippen molar-refractivity contribution in [3.8, 4) is 0 Å². The van der Waals surface area contributed by atoms with Crippen molar-refractivity contribution < 1.29 is 19.1 Å². The highest BCUT2D eigenvalue weighted by molar-refractivity contribution is 6.04. The standard InChI is InChI=1S/C29H27N3O4/c1-36-27(33)16-15-21-11-13-22(14-12-21)20-32(29(35)31-28(34)23-7-3-2-4-8-23)18-17-24-19-30-26-10-6-5-9-25(24)26/h2-16,19,30H,17-18,20H2,1H3,(H,31,34,35)/b16-15+. The van der Waals surface area contributed by atoms with Gasteiger partial charge in [-0.3, -0.25) is 10.1 Å². The molecule has 2 N–H and O–H groups in total. The number of aromatic nitrogens is 1. The van der Waals surface area contributed by atoms with Crippen LogP contribution in [0.25, 0.3) is 17.0 Å². The normalized spacial score (nSPS) is 10.9. The lowest BCUT2D eigenvalue weighted by atomic mass is 10.1. The van der Waals surface area contributed by atoms with Gasteiger partial charge in [0.1, 0.15) is 0 Å². The average Bonchev–Trinajstić information content (AvgIpc) is 3.33. The zero-order valence-corrected chi connectivity index (χ0v) is 19.9. The van der Waals surface area contributed by atoms with Gasteiger partial charge in [0.15, 0.2) is 0 Å². The third-order valence-electron chi connectivity index (χ3n) is 5.84. The summed E-state index contributed by atoms with van der Waals surface area (Å²) in [5.41, 5.74) is 4.29. The Morgan fingerprint density at radius 1 is 0.944 bits per heavy atom. The van der Waals surface area contributed by atoms with Crippen LogP contribution in [0.5, 0.6) is 0 Å². The van der Waals surface area contributed by atoms with Crippen LogP contribution in [0.3, 0.4) is 0 Å². The summed E-state index contributed by atoms with van der Waals surface area (Å²) in [5.74, 6) is -0.872. The molecule has 0 radical (unpaired) electrons. The van der Waals surface area contributed by atoms with E-state index >= 15 is 0 Å². The number of amides is 3. The summed E-state index contributed by atoms with van der Waals surface area (Å²) in [6.45, 7) is 0.733. The summed E-state index contributed by atoms with van der Waals surface area (Å²) in [4.78, 5) is 42.0. The van der Waals surface area contributed by atoms with Crippen molar-refractivity contribution in [2.24, 2.45) is 0 Å². The van der Waals surface area contributed by atoms with Crippen molar-refractivity contribution in [2.45, 2.75) is 13.0 Å². The molecule has 1 heterocycles. The summed E-state index contributed by atoms with van der Waals surface area (Å²) >= 11 is 0. The molecule has 0 aliphatic rings. The molecular weight excluding hydrogens is 454 g/mol. The maximum absolute atomic E-state index is 13.2. The first-order chi connectivity index (χ1) is 17.5. The molecule has 7 nitrogen and oxygen atoms in total. The minimum Gasteiger partial charge on any atom is -0.466 e.